The molecule has 2 aromatic rings. The molecule has 0 aliphatic rings. The Kier molecular flexibility index (Phi) is 9.72. The van der Waals surface area contributed by atoms with Crippen LogP contribution < -0.4 is 9.47 Å². The number of hydrogen-bond acceptors (Lipinski definition) is 6. The second-order valence-corrected chi connectivity index (χ2v) is 9.22. The molecule has 0 atom stereocenters. The molecule has 0 amide bonds. The van der Waals surface area contributed by atoms with Gasteiger partial charge in [0.15, 0.2) is 6.79 Å². The normalized spacial score (nSPS) is 10.8. The minimum Gasteiger partial charge on any atom is -0.492 e. The smallest absolute Gasteiger partial charge is 0.344 e. The number of aryl methyl sites for hydroxylation is 1. The molecular formula is C26H33IO6. The van der Waals surface area contributed by atoms with Gasteiger partial charge in [-0.05, 0) is 110 Å². The summed E-state index contributed by atoms with van der Waals surface area (Å²) in [5.74, 6) is 0.363. The molecule has 7 heteroatoms. The third kappa shape index (κ3) is 5.87. The average molecular weight is 568 g/mol. The summed E-state index contributed by atoms with van der Waals surface area (Å²) >= 11 is 2.22. The lowest BCUT2D eigenvalue weighted by molar-refractivity contribution is -0.0126. The van der Waals surface area contributed by atoms with Crippen molar-refractivity contribution in [2.75, 3.05) is 20.5 Å². The van der Waals surface area contributed by atoms with Gasteiger partial charge >= 0.3 is 11.9 Å². The molecule has 0 unspecified atom stereocenters. The molecule has 0 bridgehead atoms. The van der Waals surface area contributed by atoms with Gasteiger partial charge in [-0.25, -0.2) is 9.59 Å². The van der Waals surface area contributed by atoms with Crippen molar-refractivity contribution in [1.82, 2.24) is 0 Å². The molecule has 0 aliphatic heterocycles. The van der Waals surface area contributed by atoms with Gasteiger partial charge in [0.05, 0.1) is 21.3 Å². The summed E-state index contributed by atoms with van der Waals surface area (Å²) in [6, 6.07) is 1.89. The second kappa shape index (κ2) is 11.8. The van der Waals surface area contributed by atoms with Crippen LogP contribution in [0.2, 0.25) is 0 Å². The average Bonchev–Trinajstić information content (AvgIpc) is 2.77. The molecule has 0 spiro atoms. The first-order chi connectivity index (χ1) is 15.6. The van der Waals surface area contributed by atoms with Gasteiger partial charge in [0.1, 0.15) is 11.5 Å². The molecule has 0 aliphatic carbocycles. The standard InChI is InChI=1S/C26H33IO6/c1-9-10-11-31-20-12-14(2)21(19(7)23(20)27)26(29)33-24-17(5)15(3)22(16(4)18(24)6)25(28)32-13-30-8/h12H,9-11,13H2,1-8H3. The van der Waals surface area contributed by atoms with E-state index in [2.05, 4.69) is 29.5 Å². The highest BCUT2D eigenvalue weighted by Gasteiger charge is 2.25. The van der Waals surface area contributed by atoms with Crippen LogP contribution in [0.3, 0.4) is 0 Å². The fraction of sp³-hybridized carbons (Fsp3) is 0.462. The van der Waals surface area contributed by atoms with Crippen molar-refractivity contribution >= 4 is 34.5 Å². The van der Waals surface area contributed by atoms with E-state index < -0.39 is 11.9 Å². The highest BCUT2D eigenvalue weighted by molar-refractivity contribution is 14.1. The van der Waals surface area contributed by atoms with Crippen molar-refractivity contribution in [3.05, 3.63) is 54.1 Å². The van der Waals surface area contributed by atoms with Crippen LogP contribution in [0.5, 0.6) is 11.5 Å². The van der Waals surface area contributed by atoms with E-state index in [1.54, 1.807) is 0 Å². The number of rotatable bonds is 9. The zero-order valence-electron chi connectivity index (χ0n) is 20.7. The van der Waals surface area contributed by atoms with Crippen LogP contribution in [0.25, 0.3) is 0 Å². The number of benzene rings is 2. The second-order valence-electron chi connectivity index (χ2n) is 8.14. The van der Waals surface area contributed by atoms with Crippen molar-refractivity contribution < 1.29 is 28.5 Å². The SMILES string of the molecule is CCCCOc1cc(C)c(C(=O)Oc2c(C)c(C)c(C(=O)OCOC)c(C)c2C)c(C)c1I. The fourth-order valence-corrected chi connectivity index (χ4v) is 4.31. The van der Waals surface area contributed by atoms with Gasteiger partial charge in [0, 0.05) is 7.11 Å². The number of carbonyl (C=O) groups excluding carboxylic acids is 2. The van der Waals surface area contributed by atoms with Crippen LogP contribution in [-0.2, 0) is 9.47 Å². The van der Waals surface area contributed by atoms with Gasteiger partial charge in [0.25, 0.3) is 0 Å². The van der Waals surface area contributed by atoms with Crippen molar-refractivity contribution in [3.8, 4) is 11.5 Å². The summed E-state index contributed by atoms with van der Waals surface area (Å²) in [4.78, 5) is 25.8. The van der Waals surface area contributed by atoms with Gasteiger partial charge in [-0.2, -0.15) is 0 Å². The van der Waals surface area contributed by atoms with Crippen LogP contribution in [0.15, 0.2) is 6.07 Å². The molecule has 0 saturated heterocycles. The monoisotopic (exact) mass is 568 g/mol. The maximum atomic E-state index is 13.3. The molecule has 0 N–H and O–H groups in total. The Morgan fingerprint density at radius 2 is 1.48 bits per heavy atom. The van der Waals surface area contributed by atoms with Crippen LogP contribution >= 0.6 is 22.6 Å². The lowest BCUT2D eigenvalue weighted by Crippen LogP contribution is -2.18. The number of halogens is 1. The third-order valence-corrected chi connectivity index (χ3v) is 7.23. The Morgan fingerprint density at radius 3 is 2.03 bits per heavy atom. The summed E-state index contributed by atoms with van der Waals surface area (Å²) in [6.07, 6.45) is 2.03. The van der Waals surface area contributed by atoms with Gasteiger partial charge in [-0.15, -0.1) is 0 Å². The predicted molar refractivity (Wildman–Crippen MR) is 137 cm³/mol. The van der Waals surface area contributed by atoms with Crippen LogP contribution in [0.1, 0.15) is 73.9 Å². The summed E-state index contributed by atoms with van der Waals surface area (Å²) in [6.45, 7) is 13.8. The molecule has 0 radical (unpaired) electrons. The zero-order chi connectivity index (χ0) is 24.9. The Bertz CT molecular complexity index is 1030. The van der Waals surface area contributed by atoms with Crippen LogP contribution in [0.4, 0.5) is 0 Å². The topological polar surface area (TPSA) is 71.1 Å². The molecule has 0 fully saturated rings. The Labute approximate surface area is 210 Å². The van der Waals surface area contributed by atoms with E-state index >= 15 is 0 Å². The third-order valence-electron chi connectivity index (χ3n) is 5.89. The molecule has 180 valence electrons. The highest BCUT2D eigenvalue weighted by Crippen LogP contribution is 2.35. The fourth-order valence-electron chi connectivity index (χ4n) is 3.73. The summed E-state index contributed by atoms with van der Waals surface area (Å²) in [5, 5.41) is 0. The molecule has 0 aromatic heterocycles. The van der Waals surface area contributed by atoms with Crippen molar-refractivity contribution in [2.45, 2.75) is 61.3 Å². The number of unbranched alkanes of at least 4 members (excludes halogenated alkanes) is 1. The lowest BCUT2D eigenvalue weighted by atomic mass is 9.93. The van der Waals surface area contributed by atoms with Crippen LogP contribution in [-0.4, -0.2) is 32.4 Å². The highest BCUT2D eigenvalue weighted by atomic mass is 127. The van der Waals surface area contributed by atoms with E-state index in [9.17, 15) is 9.59 Å². The number of carbonyl (C=O) groups is 2. The van der Waals surface area contributed by atoms with E-state index in [1.807, 2.05) is 47.6 Å². The van der Waals surface area contributed by atoms with E-state index in [-0.39, 0.29) is 6.79 Å². The van der Waals surface area contributed by atoms with E-state index in [0.717, 1.165) is 44.4 Å². The number of hydrogen-bond donors (Lipinski definition) is 0. The summed E-state index contributed by atoms with van der Waals surface area (Å²) in [5.41, 5.74) is 5.50. The van der Waals surface area contributed by atoms with E-state index in [0.29, 0.717) is 34.6 Å². The van der Waals surface area contributed by atoms with E-state index in [1.165, 1.54) is 7.11 Å². The predicted octanol–water partition coefficient (Wildman–Crippen LogP) is 6.30. The molecule has 6 nitrogen and oxygen atoms in total. The summed E-state index contributed by atoms with van der Waals surface area (Å²) in [7, 11) is 1.46. The molecule has 0 saturated carbocycles. The summed E-state index contributed by atoms with van der Waals surface area (Å²) < 4.78 is 22.7. The first-order valence-corrected chi connectivity index (χ1v) is 12.1. The van der Waals surface area contributed by atoms with Crippen molar-refractivity contribution in [3.63, 3.8) is 0 Å². The van der Waals surface area contributed by atoms with E-state index in [4.69, 9.17) is 18.9 Å². The number of methoxy groups -OCH3 is 1. The van der Waals surface area contributed by atoms with Gasteiger partial charge in [-0.3, -0.25) is 0 Å². The molecule has 0 heterocycles. The molecule has 2 rings (SSSR count). The first-order valence-electron chi connectivity index (χ1n) is 11.0. The first kappa shape index (κ1) is 27.1. The minimum absolute atomic E-state index is 0.123. The lowest BCUT2D eigenvalue weighted by Gasteiger charge is -2.20. The molecule has 33 heavy (non-hydrogen) atoms. The van der Waals surface area contributed by atoms with Crippen molar-refractivity contribution in [2.24, 2.45) is 0 Å². The van der Waals surface area contributed by atoms with Gasteiger partial charge in [0.2, 0.25) is 0 Å². The Hall–Kier alpha value is -2.13. The molecular weight excluding hydrogens is 535 g/mol. The van der Waals surface area contributed by atoms with Crippen molar-refractivity contribution in [1.29, 1.82) is 0 Å². The van der Waals surface area contributed by atoms with Gasteiger partial charge < -0.3 is 18.9 Å². The number of esters is 2. The zero-order valence-corrected chi connectivity index (χ0v) is 22.9. The quantitative estimate of drug-likeness (QED) is 0.116. The maximum Gasteiger partial charge on any atom is 0.344 e. The minimum atomic E-state index is -0.462. The maximum absolute atomic E-state index is 13.3. The molecule has 2 aromatic carbocycles. The Morgan fingerprint density at radius 1 is 0.879 bits per heavy atom. The Balaban J connectivity index is 2.43. The van der Waals surface area contributed by atoms with Gasteiger partial charge in [-0.1, -0.05) is 13.3 Å². The van der Waals surface area contributed by atoms with Crippen LogP contribution in [0, 0.1) is 45.1 Å². The number of ether oxygens (including phenoxy) is 4. The largest absolute Gasteiger partial charge is 0.492 e.